The Morgan fingerprint density at radius 3 is 2.00 bits per heavy atom. The largest absolute Gasteiger partial charge is 0.347 e. The third-order valence-corrected chi connectivity index (χ3v) is 1.34. The van der Waals surface area contributed by atoms with Crippen molar-refractivity contribution in [2.75, 3.05) is 14.1 Å². The van der Waals surface area contributed by atoms with Crippen molar-refractivity contribution in [2.45, 2.75) is 32.7 Å². The van der Waals surface area contributed by atoms with Crippen LogP contribution in [0.25, 0.3) is 0 Å². The summed E-state index contributed by atoms with van der Waals surface area (Å²) in [6.45, 7) is 8.43. The van der Waals surface area contributed by atoms with Crippen LogP contribution in [0, 0.1) is 7.05 Å². The maximum atomic E-state index is 10.9. The number of ketones is 1. The molecule has 0 aromatic carbocycles. The molecule has 0 aliphatic rings. The first-order valence-electron chi connectivity index (χ1n) is 5.02. The van der Waals surface area contributed by atoms with Crippen LogP contribution >= 0.6 is 0 Å². The Labute approximate surface area is 98.7 Å². The van der Waals surface area contributed by atoms with Gasteiger partial charge in [-0.3, -0.25) is 9.59 Å². The summed E-state index contributed by atoms with van der Waals surface area (Å²) in [5.74, 6) is -0.189. The van der Waals surface area contributed by atoms with E-state index in [1.165, 1.54) is 13.0 Å². The summed E-state index contributed by atoms with van der Waals surface area (Å²) in [5, 5.41) is 2.66. The highest BCUT2D eigenvalue weighted by atomic mass is 16.1. The van der Waals surface area contributed by atoms with Gasteiger partial charge in [0.15, 0.2) is 0 Å². The van der Waals surface area contributed by atoms with Crippen LogP contribution in [-0.4, -0.2) is 36.2 Å². The molecule has 0 saturated carbocycles. The molecule has 0 atom stereocenters. The quantitative estimate of drug-likeness (QED) is 0.738. The van der Waals surface area contributed by atoms with Gasteiger partial charge < -0.3 is 10.2 Å². The predicted octanol–water partition coefficient (Wildman–Crippen LogP) is 1.39. The van der Waals surface area contributed by atoms with Gasteiger partial charge in [-0.25, -0.2) is 0 Å². The molecule has 0 aliphatic heterocycles. The van der Waals surface area contributed by atoms with Crippen molar-refractivity contribution in [2.24, 2.45) is 0 Å². The Bertz CT molecular complexity index is 243. The molecule has 0 unspecified atom stereocenters. The van der Waals surface area contributed by atoms with Crippen LogP contribution in [0.5, 0.6) is 0 Å². The lowest BCUT2D eigenvalue weighted by Crippen LogP contribution is -2.43. The first-order chi connectivity index (χ1) is 7.10. The molecule has 1 radical (unpaired) electrons. The fourth-order valence-corrected chi connectivity index (χ4v) is 1.05. The van der Waals surface area contributed by atoms with Gasteiger partial charge in [0.25, 0.3) is 0 Å². The SMILES string of the molecule is C=CC(=O)NC(C)(C)CC(C)=O.[CH2]N(C)C. The minimum atomic E-state index is -0.475. The average Bonchev–Trinajstić information content (AvgIpc) is 1.99. The maximum Gasteiger partial charge on any atom is 0.243 e. The topological polar surface area (TPSA) is 49.4 Å². The molecule has 4 nitrogen and oxygen atoms in total. The summed E-state index contributed by atoms with van der Waals surface area (Å²) in [6, 6.07) is 0. The molecule has 0 bridgehead atoms. The number of rotatable bonds is 4. The zero-order valence-electron chi connectivity index (χ0n) is 11.0. The van der Waals surface area contributed by atoms with E-state index in [2.05, 4.69) is 18.9 Å². The van der Waals surface area contributed by atoms with Gasteiger partial charge in [0.05, 0.1) is 0 Å². The van der Waals surface area contributed by atoms with Crippen molar-refractivity contribution < 1.29 is 9.59 Å². The minimum absolute atomic E-state index is 0.0596. The van der Waals surface area contributed by atoms with Crippen molar-refractivity contribution in [1.82, 2.24) is 10.2 Å². The van der Waals surface area contributed by atoms with Crippen molar-refractivity contribution in [3.05, 3.63) is 19.7 Å². The number of hydrogen-bond acceptors (Lipinski definition) is 3. The van der Waals surface area contributed by atoms with E-state index in [0.717, 1.165) is 0 Å². The molecular formula is C12H23N2O2. The summed E-state index contributed by atoms with van der Waals surface area (Å²) in [6.07, 6.45) is 1.54. The molecule has 0 aliphatic carbocycles. The van der Waals surface area contributed by atoms with Crippen molar-refractivity contribution in [3.63, 3.8) is 0 Å². The molecule has 1 N–H and O–H groups in total. The molecule has 0 rings (SSSR count). The highest BCUT2D eigenvalue weighted by Crippen LogP contribution is 2.08. The molecule has 0 spiro atoms. The maximum absolute atomic E-state index is 10.9. The molecular weight excluding hydrogens is 204 g/mol. The Kier molecular flexibility index (Phi) is 8.67. The van der Waals surface area contributed by atoms with Gasteiger partial charge in [-0.15, -0.1) is 0 Å². The molecule has 93 valence electrons. The van der Waals surface area contributed by atoms with E-state index in [4.69, 9.17) is 0 Å². The molecule has 4 heteroatoms. The molecule has 0 heterocycles. The smallest absolute Gasteiger partial charge is 0.243 e. The predicted molar refractivity (Wildman–Crippen MR) is 66.8 cm³/mol. The molecule has 0 aromatic heterocycles. The van der Waals surface area contributed by atoms with Crippen molar-refractivity contribution in [1.29, 1.82) is 0 Å². The van der Waals surface area contributed by atoms with Gasteiger partial charge >= 0.3 is 0 Å². The number of hydrogen-bond donors (Lipinski definition) is 1. The number of Topliss-reactive ketones (excluding diaryl/α,β-unsaturated/α-hetero) is 1. The molecule has 0 saturated heterocycles. The van der Waals surface area contributed by atoms with Gasteiger partial charge in [0.1, 0.15) is 5.78 Å². The van der Waals surface area contributed by atoms with Crippen LogP contribution in [0.15, 0.2) is 12.7 Å². The normalized spacial score (nSPS) is 10.2. The number of carbonyl (C=O) groups excluding carboxylic acids is 2. The molecule has 0 fully saturated rings. The zero-order chi connectivity index (χ0) is 13.4. The number of amides is 1. The van der Waals surface area contributed by atoms with Gasteiger partial charge in [-0.1, -0.05) is 6.58 Å². The monoisotopic (exact) mass is 227 g/mol. The van der Waals surface area contributed by atoms with E-state index in [-0.39, 0.29) is 11.7 Å². The van der Waals surface area contributed by atoms with Crippen LogP contribution in [0.2, 0.25) is 0 Å². The van der Waals surface area contributed by atoms with Crippen LogP contribution in [0.3, 0.4) is 0 Å². The van der Waals surface area contributed by atoms with E-state index in [9.17, 15) is 9.59 Å². The standard InChI is InChI=1S/C9H15NO2.C3H8N/c1-5-8(12)10-9(3,4)6-7(2)11;1-4(2)3/h5H,1,6H2,2-4H3,(H,10,12);1H2,2-3H3. The van der Waals surface area contributed by atoms with E-state index >= 15 is 0 Å². The van der Waals surface area contributed by atoms with Crippen LogP contribution < -0.4 is 5.32 Å². The van der Waals surface area contributed by atoms with Gasteiger partial charge in [0.2, 0.25) is 5.91 Å². The lowest BCUT2D eigenvalue weighted by Gasteiger charge is -2.23. The van der Waals surface area contributed by atoms with Crippen LogP contribution in [-0.2, 0) is 9.59 Å². The molecule has 16 heavy (non-hydrogen) atoms. The van der Waals surface area contributed by atoms with E-state index in [1.54, 1.807) is 18.7 Å². The first kappa shape index (κ1) is 17.2. The summed E-state index contributed by atoms with van der Waals surface area (Å²) in [5.41, 5.74) is -0.475. The van der Waals surface area contributed by atoms with Crippen LogP contribution in [0.4, 0.5) is 0 Å². The second-order valence-corrected chi connectivity index (χ2v) is 4.54. The number of carbonyl (C=O) groups is 2. The highest BCUT2D eigenvalue weighted by Gasteiger charge is 2.20. The summed E-state index contributed by atoms with van der Waals surface area (Å²) < 4.78 is 0. The number of nitrogens with one attached hydrogen (secondary N) is 1. The van der Waals surface area contributed by atoms with Gasteiger partial charge in [-0.2, -0.15) is 0 Å². The third kappa shape index (κ3) is 15.3. The van der Waals surface area contributed by atoms with Crippen molar-refractivity contribution >= 4 is 11.7 Å². The molecule has 1 amide bonds. The van der Waals surface area contributed by atoms with Gasteiger partial charge in [0, 0.05) is 19.0 Å². The second-order valence-electron chi connectivity index (χ2n) is 4.54. The Hall–Kier alpha value is -1.16. The Morgan fingerprint density at radius 2 is 1.75 bits per heavy atom. The summed E-state index contributed by atoms with van der Waals surface area (Å²) >= 11 is 0. The molecule has 0 aromatic rings. The lowest BCUT2D eigenvalue weighted by molar-refractivity contribution is -0.120. The second kappa shape index (κ2) is 8.05. The highest BCUT2D eigenvalue weighted by molar-refractivity contribution is 5.88. The van der Waals surface area contributed by atoms with E-state index in [0.29, 0.717) is 6.42 Å². The van der Waals surface area contributed by atoms with Crippen LogP contribution in [0.1, 0.15) is 27.2 Å². The average molecular weight is 227 g/mol. The van der Waals surface area contributed by atoms with Gasteiger partial charge in [-0.05, 0) is 40.9 Å². The Morgan fingerprint density at radius 1 is 1.38 bits per heavy atom. The Balaban J connectivity index is 0. The summed E-state index contributed by atoms with van der Waals surface area (Å²) in [7, 11) is 7.25. The third-order valence-electron chi connectivity index (χ3n) is 1.34. The fourth-order valence-electron chi connectivity index (χ4n) is 1.05. The fraction of sp³-hybridized carbons (Fsp3) is 0.583. The summed E-state index contributed by atoms with van der Waals surface area (Å²) in [4.78, 5) is 23.4. The lowest BCUT2D eigenvalue weighted by atomic mass is 9.98. The zero-order valence-corrected chi connectivity index (χ0v) is 11.0. The van der Waals surface area contributed by atoms with Crippen molar-refractivity contribution in [3.8, 4) is 0 Å². The van der Waals surface area contributed by atoms with E-state index < -0.39 is 5.54 Å². The minimum Gasteiger partial charge on any atom is -0.347 e. The first-order valence-corrected chi connectivity index (χ1v) is 5.02. The number of nitrogens with zero attached hydrogens (tertiary/aromatic N) is 1. The van der Waals surface area contributed by atoms with E-state index in [1.807, 2.05) is 14.1 Å².